The summed E-state index contributed by atoms with van der Waals surface area (Å²) < 4.78 is 0. The molecule has 1 aromatic heterocycles. The van der Waals surface area contributed by atoms with Crippen LogP contribution in [0.3, 0.4) is 0 Å². The second-order valence-electron chi connectivity index (χ2n) is 3.33. The number of nitrogens with one attached hydrogen (secondary N) is 1. The molecule has 1 aliphatic rings. The maximum atomic E-state index is 4.14. The van der Waals surface area contributed by atoms with Gasteiger partial charge in [0, 0.05) is 11.6 Å². The van der Waals surface area contributed by atoms with E-state index >= 15 is 0 Å². The Morgan fingerprint density at radius 2 is 2.00 bits per heavy atom. The van der Waals surface area contributed by atoms with Gasteiger partial charge in [-0.25, -0.2) is 0 Å². The van der Waals surface area contributed by atoms with Crippen LogP contribution in [0.2, 0.25) is 0 Å². The van der Waals surface area contributed by atoms with E-state index in [9.17, 15) is 0 Å². The normalized spacial score (nSPS) is 14.8. The van der Waals surface area contributed by atoms with E-state index in [-0.39, 0.29) is 0 Å². The second kappa shape index (κ2) is 3.71. The van der Waals surface area contributed by atoms with Crippen molar-refractivity contribution in [2.75, 3.05) is 0 Å². The first-order valence-corrected chi connectivity index (χ1v) is 4.91. The molecule has 0 saturated carbocycles. The average molecular weight is 211 g/mol. The third-order valence-electron chi connectivity index (χ3n) is 2.31. The van der Waals surface area contributed by atoms with Gasteiger partial charge < -0.3 is 0 Å². The van der Waals surface area contributed by atoms with Crippen LogP contribution in [-0.2, 0) is 0 Å². The number of benzene rings is 1. The SMILES string of the molecule is C1=C[N+](c2nn[nH]c2-c2ccccc2)N=C1. The molecule has 0 saturated heterocycles. The molecule has 2 heterocycles. The summed E-state index contributed by atoms with van der Waals surface area (Å²) in [5, 5.41) is 16.6. The zero-order chi connectivity index (χ0) is 10.8. The van der Waals surface area contributed by atoms with Gasteiger partial charge in [0.15, 0.2) is 11.9 Å². The van der Waals surface area contributed by atoms with E-state index < -0.39 is 0 Å². The lowest BCUT2D eigenvalue weighted by Gasteiger charge is -1.96. The molecule has 1 aromatic carbocycles. The van der Waals surface area contributed by atoms with Crippen molar-refractivity contribution in [3.05, 3.63) is 42.6 Å². The fraction of sp³-hybridized carbons (Fsp3) is 0. The number of anilines is 1. The third kappa shape index (κ3) is 1.43. The highest BCUT2D eigenvalue weighted by Crippen LogP contribution is 2.26. The number of aromatic amines is 1. The van der Waals surface area contributed by atoms with Crippen LogP contribution in [-0.4, -0.2) is 21.6 Å². The van der Waals surface area contributed by atoms with Gasteiger partial charge in [-0.1, -0.05) is 40.6 Å². The van der Waals surface area contributed by atoms with Gasteiger partial charge in [-0.15, -0.1) is 0 Å². The summed E-state index contributed by atoms with van der Waals surface area (Å²) in [6.07, 6.45) is 5.40. The largest absolute Gasteiger partial charge is 0.358 e. The monoisotopic (exact) mass is 211 g/mol. The molecule has 5 nitrogen and oxygen atoms in total. The maximum Gasteiger partial charge on any atom is 0.358 e. The van der Waals surface area contributed by atoms with Gasteiger partial charge in [-0.2, -0.15) is 0 Å². The molecule has 0 fully saturated rings. The van der Waals surface area contributed by atoms with E-state index in [2.05, 4.69) is 20.5 Å². The van der Waals surface area contributed by atoms with Crippen molar-refractivity contribution in [2.45, 2.75) is 0 Å². The minimum atomic E-state index is 0.705. The zero-order valence-electron chi connectivity index (χ0n) is 8.41. The van der Waals surface area contributed by atoms with Crippen molar-refractivity contribution in [3.8, 4) is 11.3 Å². The van der Waals surface area contributed by atoms with E-state index in [1.54, 1.807) is 11.2 Å². The summed E-state index contributed by atoms with van der Waals surface area (Å²) in [7, 11) is 0. The molecule has 5 heteroatoms. The summed E-state index contributed by atoms with van der Waals surface area (Å²) in [5.41, 5.74) is 1.90. The first-order chi connectivity index (χ1) is 7.95. The lowest BCUT2D eigenvalue weighted by Crippen LogP contribution is -2.07. The standard InChI is InChI=1S/C11H9N5/c1-2-5-9(6-3-1)10-11(14-15-13-10)16-8-4-7-12-16/h1-8H,(H,13,14,15)/q+1. The fourth-order valence-corrected chi connectivity index (χ4v) is 1.58. The maximum absolute atomic E-state index is 4.14. The molecule has 0 spiro atoms. The predicted molar refractivity (Wildman–Crippen MR) is 61.2 cm³/mol. The van der Waals surface area contributed by atoms with Crippen LogP contribution >= 0.6 is 0 Å². The smallest absolute Gasteiger partial charge is 0.251 e. The van der Waals surface area contributed by atoms with Gasteiger partial charge in [0.2, 0.25) is 0 Å². The molecular formula is C11H9N5+. The van der Waals surface area contributed by atoms with Crippen LogP contribution in [0.25, 0.3) is 11.3 Å². The number of H-pyrrole nitrogens is 1. The first-order valence-electron chi connectivity index (χ1n) is 4.91. The topological polar surface area (TPSA) is 59.8 Å². The van der Waals surface area contributed by atoms with E-state index in [1.807, 2.05) is 42.6 Å². The van der Waals surface area contributed by atoms with Gasteiger partial charge in [-0.3, -0.25) is 5.10 Å². The van der Waals surface area contributed by atoms with Crippen molar-refractivity contribution < 1.29 is 0 Å². The number of nitrogens with zero attached hydrogens (tertiary/aromatic N) is 4. The summed E-state index contributed by atoms with van der Waals surface area (Å²) in [6.45, 7) is 0. The highest BCUT2D eigenvalue weighted by Gasteiger charge is 2.27. The lowest BCUT2D eigenvalue weighted by atomic mass is 10.1. The molecular weight excluding hydrogens is 202 g/mol. The van der Waals surface area contributed by atoms with Crippen molar-refractivity contribution in [3.63, 3.8) is 0 Å². The van der Waals surface area contributed by atoms with E-state index in [0.717, 1.165) is 11.3 Å². The molecule has 0 unspecified atom stereocenters. The highest BCUT2D eigenvalue weighted by molar-refractivity contribution is 5.76. The molecule has 0 atom stereocenters. The Hall–Kier alpha value is -2.27. The quantitative estimate of drug-likeness (QED) is 0.769. The Labute approximate surface area is 92.1 Å². The Bertz CT molecular complexity index is 529. The van der Waals surface area contributed by atoms with E-state index in [1.165, 1.54) is 0 Å². The summed E-state index contributed by atoms with van der Waals surface area (Å²) >= 11 is 0. The lowest BCUT2D eigenvalue weighted by molar-refractivity contribution is 0.725. The number of allylic oxidation sites excluding steroid dienone is 1. The van der Waals surface area contributed by atoms with Crippen molar-refractivity contribution in [1.29, 1.82) is 0 Å². The number of rotatable bonds is 2. The second-order valence-corrected chi connectivity index (χ2v) is 3.33. The Kier molecular flexibility index (Phi) is 2.08. The Balaban J connectivity index is 2.06. The van der Waals surface area contributed by atoms with E-state index in [0.29, 0.717) is 5.82 Å². The molecule has 2 aromatic rings. The molecule has 0 amide bonds. The first kappa shape index (κ1) is 8.99. The molecule has 1 N–H and O–H groups in total. The summed E-state index contributed by atoms with van der Waals surface area (Å²) in [4.78, 5) is 0. The molecule has 0 bridgehead atoms. The van der Waals surface area contributed by atoms with Crippen LogP contribution in [0.1, 0.15) is 0 Å². The number of hydrazone groups is 1. The van der Waals surface area contributed by atoms with Gasteiger partial charge in [0.1, 0.15) is 0 Å². The zero-order valence-corrected chi connectivity index (χ0v) is 8.41. The van der Waals surface area contributed by atoms with Crippen LogP contribution in [0.15, 0.2) is 47.7 Å². The molecule has 0 aliphatic carbocycles. The van der Waals surface area contributed by atoms with Gasteiger partial charge in [0.25, 0.3) is 0 Å². The van der Waals surface area contributed by atoms with Crippen molar-refractivity contribution in [2.24, 2.45) is 5.10 Å². The minimum Gasteiger partial charge on any atom is -0.251 e. The number of aromatic nitrogens is 3. The highest BCUT2D eigenvalue weighted by atomic mass is 15.5. The van der Waals surface area contributed by atoms with Gasteiger partial charge in [-0.05, 0) is 5.10 Å². The van der Waals surface area contributed by atoms with Crippen molar-refractivity contribution >= 4 is 12.0 Å². The number of hydrogen-bond donors (Lipinski definition) is 1. The molecule has 16 heavy (non-hydrogen) atoms. The summed E-state index contributed by atoms with van der Waals surface area (Å²) in [6, 6.07) is 9.93. The van der Waals surface area contributed by atoms with Crippen molar-refractivity contribution in [1.82, 2.24) is 20.4 Å². The van der Waals surface area contributed by atoms with Gasteiger partial charge >= 0.3 is 5.82 Å². The van der Waals surface area contributed by atoms with Crippen LogP contribution in [0, 0.1) is 0 Å². The predicted octanol–water partition coefficient (Wildman–Crippen LogP) is 1.76. The Morgan fingerprint density at radius 1 is 1.12 bits per heavy atom. The molecule has 1 aliphatic heterocycles. The summed E-state index contributed by atoms with van der Waals surface area (Å²) in [5.74, 6) is 0.705. The van der Waals surface area contributed by atoms with Crippen LogP contribution < -0.4 is 5.01 Å². The van der Waals surface area contributed by atoms with Crippen LogP contribution in [0.4, 0.5) is 5.82 Å². The molecule has 3 rings (SSSR count). The molecule has 77 valence electrons. The molecule has 1 radical (unpaired) electrons. The fourth-order valence-electron chi connectivity index (χ4n) is 1.58. The average Bonchev–Trinajstić information content (AvgIpc) is 3.01. The van der Waals surface area contributed by atoms with Crippen LogP contribution in [0.5, 0.6) is 0 Å². The minimum absolute atomic E-state index is 0.705. The third-order valence-corrected chi connectivity index (χ3v) is 2.31. The Morgan fingerprint density at radius 3 is 2.75 bits per heavy atom. The van der Waals surface area contributed by atoms with Gasteiger partial charge in [0.05, 0.1) is 11.2 Å². The number of hydrogen-bond acceptors (Lipinski definition) is 4. The van der Waals surface area contributed by atoms with E-state index in [4.69, 9.17) is 0 Å².